The Kier molecular flexibility index (Phi) is 4.17. The van der Waals surface area contributed by atoms with Gasteiger partial charge in [-0.2, -0.15) is 0 Å². The molecule has 0 aliphatic heterocycles. The average Bonchev–Trinajstić information content (AvgIpc) is 2.26. The number of carbonyl (C=O) groups is 1. The molecule has 1 aromatic rings. The predicted molar refractivity (Wildman–Crippen MR) is 51.3 cm³/mol. The first-order valence-corrected chi connectivity index (χ1v) is 4.37. The van der Waals surface area contributed by atoms with Crippen molar-refractivity contribution in [1.82, 2.24) is 0 Å². The molecule has 0 fully saturated rings. The minimum absolute atomic E-state index is 0.0722. The molecule has 5 heteroatoms. The van der Waals surface area contributed by atoms with Gasteiger partial charge in [-0.1, -0.05) is 0 Å². The maximum Gasteiger partial charge on any atom is 0.272 e. The lowest BCUT2D eigenvalue weighted by Gasteiger charge is -2.05. The van der Waals surface area contributed by atoms with E-state index in [1.807, 2.05) is 0 Å². The third kappa shape index (κ3) is 3.63. The van der Waals surface area contributed by atoms with E-state index in [9.17, 15) is 13.6 Å². The fourth-order valence-corrected chi connectivity index (χ4v) is 1.01. The monoisotopic (exact) mass is 215 g/mol. The van der Waals surface area contributed by atoms with Gasteiger partial charge in [0.25, 0.3) is 6.43 Å². The average molecular weight is 215 g/mol. The summed E-state index contributed by atoms with van der Waals surface area (Å²) < 4.78 is 28.3. The van der Waals surface area contributed by atoms with Crippen LogP contribution in [0.2, 0.25) is 0 Å². The van der Waals surface area contributed by atoms with Crippen molar-refractivity contribution in [3.05, 3.63) is 29.8 Å². The van der Waals surface area contributed by atoms with Gasteiger partial charge in [-0.15, -0.1) is 0 Å². The minimum atomic E-state index is -2.50. The number of ketones is 1. The second-order valence-electron chi connectivity index (χ2n) is 2.85. The summed E-state index contributed by atoms with van der Waals surface area (Å²) in [7, 11) is 0. The number of rotatable bonds is 5. The second-order valence-corrected chi connectivity index (χ2v) is 2.85. The van der Waals surface area contributed by atoms with Crippen molar-refractivity contribution >= 4 is 5.78 Å². The van der Waals surface area contributed by atoms with Crippen LogP contribution in [0.3, 0.4) is 0 Å². The van der Waals surface area contributed by atoms with Gasteiger partial charge in [0.2, 0.25) is 0 Å². The molecule has 0 unspecified atom stereocenters. The normalized spacial score (nSPS) is 10.4. The third-order valence-electron chi connectivity index (χ3n) is 1.74. The number of alkyl halides is 2. The Bertz CT molecular complexity index is 325. The van der Waals surface area contributed by atoms with E-state index in [-0.39, 0.29) is 12.3 Å². The highest BCUT2D eigenvalue weighted by Crippen LogP contribution is 2.13. The molecule has 1 rings (SSSR count). The van der Waals surface area contributed by atoms with E-state index in [1.54, 1.807) is 0 Å². The zero-order valence-corrected chi connectivity index (χ0v) is 7.95. The topological polar surface area (TPSA) is 52.3 Å². The molecule has 0 saturated carbocycles. The van der Waals surface area contributed by atoms with Crippen LogP contribution in [0.15, 0.2) is 24.3 Å². The molecule has 1 aromatic carbocycles. The molecule has 0 bridgehead atoms. The van der Waals surface area contributed by atoms with Gasteiger partial charge >= 0.3 is 0 Å². The van der Waals surface area contributed by atoms with E-state index in [4.69, 9.17) is 10.5 Å². The Hall–Kier alpha value is -1.49. The summed E-state index contributed by atoms with van der Waals surface area (Å²) in [5.41, 5.74) is 5.61. The lowest BCUT2D eigenvalue weighted by Crippen LogP contribution is -2.13. The Labute approximate surface area is 85.8 Å². The number of Topliss-reactive ketones (excluding diaryl/α,β-unsaturated/α-hetero) is 1. The number of benzene rings is 1. The van der Waals surface area contributed by atoms with Gasteiger partial charge in [-0.3, -0.25) is 4.79 Å². The van der Waals surface area contributed by atoms with Crippen LogP contribution < -0.4 is 10.5 Å². The summed E-state index contributed by atoms with van der Waals surface area (Å²) in [6.45, 7) is -0.721. The number of carbonyl (C=O) groups excluding carboxylic acids is 1. The molecule has 0 aliphatic carbocycles. The number of ether oxygens (including phenoxy) is 1. The predicted octanol–water partition coefficient (Wildman–Crippen LogP) is 1.47. The molecule has 0 amide bonds. The summed E-state index contributed by atoms with van der Waals surface area (Å²) in [6.07, 6.45) is -2.50. The van der Waals surface area contributed by atoms with Gasteiger partial charge in [0.15, 0.2) is 5.78 Å². The summed E-state index contributed by atoms with van der Waals surface area (Å²) in [5.74, 6) is 0.110. The minimum Gasteiger partial charge on any atom is -0.488 e. The zero-order valence-electron chi connectivity index (χ0n) is 7.95. The van der Waals surface area contributed by atoms with Crippen molar-refractivity contribution in [3.63, 3.8) is 0 Å². The largest absolute Gasteiger partial charge is 0.488 e. The Morgan fingerprint density at radius 3 is 2.40 bits per heavy atom. The molecule has 0 spiro atoms. The quantitative estimate of drug-likeness (QED) is 0.757. The van der Waals surface area contributed by atoms with Crippen LogP contribution in [0.5, 0.6) is 5.75 Å². The molecular formula is C10H11F2NO2. The molecule has 0 heterocycles. The van der Waals surface area contributed by atoms with Crippen molar-refractivity contribution < 1.29 is 18.3 Å². The molecular weight excluding hydrogens is 204 g/mol. The second kappa shape index (κ2) is 5.41. The molecule has 0 aliphatic rings. The highest BCUT2D eigenvalue weighted by atomic mass is 19.3. The summed E-state index contributed by atoms with van der Waals surface area (Å²) in [4.78, 5) is 11.1. The van der Waals surface area contributed by atoms with E-state index in [1.165, 1.54) is 24.3 Å². The Morgan fingerprint density at radius 1 is 1.33 bits per heavy atom. The van der Waals surface area contributed by atoms with Crippen LogP contribution in [-0.4, -0.2) is 25.4 Å². The number of hydrogen-bond acceptors (Lipinski definition) is 3. The molecule has 0 aromatic heterocycles. The van der Waals surface area contributed by atoms with Gasteiger partial charge in [0.05, 0.1) is 6.54 Å². The highest BCUT2D eigenvalue weighted by Gasteiger charge is 2.05. The third-order valence-corrected chi connectivity index (χ3v) is 1.74. The first-order valence-electron chi connectivity index (χ1n) is 4.37. The maximum absolute atomic E-state index is 11.8. The molecule has 3 nitrogen and oxygen atoms in total. The van der Waals surface area contributed by atoms with Crippen LogP contribution in [0.25, 0.3) is 0 Å². The maximum atomic E-state index is 11.8. The fraction of sp³-hybridized carbons (Fsp3) is 0.300. The van der Waals surface area contributed by atoms with Crippen LogP contribution >= 0.6 is 0 Å². The SMILES string of the molecule is NCC(=O)c1ccc(OCC(F)F)cc1. The van der Waals surface area contributed by atoms with E-state index >= 15 is 0 Å². The van der Waals surface area contributed by atoms with Gasteiger partial charge in [0, 0.05) is 5.56 Å². The lowest BCUT2D eigenvalue weighted by atomic mass is 10.1. The van der Waals surface area contributed by atoms with Crippen molar-refractivity contribution in [2.45, 2.75) is 6.43 Å². The number of nitrogens with two attached hydrogens (primary N) is 1. The molecule has 2 N–H and O–H groups in total. The number of halogens is 2. The van der Waals surface area contributed by atoms with Crippen molar-refractivity contribution in [3.8, 4) is 5.75 Å². The van der Waals surface area contributed by atoms with Crippen LogP contribution in [0.1, 0.15) is 10.4 Å². The zero-order chi connectivity index (χ0) is 11.3. The fourth-order valence-electron chi connectivity index (χ4n) is 1.01. The number of hydrogen-bond donors (Lipinski definition) is 1. The Balaban J connectivity index is 2.60. The Morgan fingerprint density at radius 2 is 1.93 bits per heavy atom. The van der Waals surface area contributed by atoms with Crippen LogP contribution in [0.4, 0.5) is 8.78 Å². The first-order chi connectivity index (χ1) is 7.13. The molecule has 0 saturated heterocycles. The molecule has 15 heavy (non-hydrogen) atoms. The van der Waals surface area contributed by atoms with Gasteiger partial charge in [0.1, 0.15) is 12.4 Å². The van der Waals surface area contributed by atoms with E-state index in [0.29, 0.717) is 11.3 Å². The van der Waals surface area contributed by atoms with Crippen LogP contribution in [0, 0.1) is 0 Å². The standard InChI is InChI=1S/C10H11F2NO2/c11-10(12)6-15-8-3-1-7(2-4-8)9(14)5-13/h1-4,10H,5-6,13H2. The first kappa shape index (κ1) is 11.6. The van der Waals surface area contributed by atoms with Crippen molar-refractivity contribution in [1.29, 1.82) is 0 Å². The molecule has 0 atom stereocenters. The molecule has 0 radical (unpaired) electrons. The summed E-state index contributed by atoms with van der Waals surface area (Å²) in [5, 5.41) is 0. The van der Waals surface area contributed by atoms with Gasteiger partial charge < -0.3 is 10.5 Å². The van der Waals surface area contributed by atoms with Crippen LogP contribution in [-0.2, 0) is 0 Å². The highest BCUT2D eigenvalue weighted by molar-refractivity contribution is 5.97. The van der Waals surface area contributed by atoms with E-state index in [0.717, 1.165) is 0 Å². The smallest absolute Gasteiger partial charge is 0.272 e. The van der Waals surface area contributed by atoms with E-state index in [2.05, 4.69) is 0 Å². The molecule has 82 valence electrons. The van der Waals surface area contributed by atoms with Crippen molar-refractivity contribution in [2.24, 2.45) is 5.73 Å². The van der Waals surface area contributed by atoms with Gasteiger partial charge in [-0.25, -0.2) is 8.78 Å². The lowest BCUT2D eigenvalue weighted by molar-refractivity contribution is 0.0818. The van der Waals surface area contributed by atoms with Crippen molar-refractivity contribution in [2.75, 3.05) is 13.2 Å². The van der Waals surface area contributed by atoms with E-state index < -0.39 is 13.0 Å². The summed E-state index contributed by atoms with van der Waals surface area (Å²) >= 11 is 0. The summed E-state index contributed by atoms with van der Waals surface area (Å²) in [6, 6.07) is 5.92. The van der Waals surface area contributed by atoms with Gasteiger partial charge in [-0.05, 0) is 24.3 Å².